The lowest BCUT2D eigenvalue weighted by molar-refractivity contribution is -0.161. The van der Waals surface area contributed by atoms with E-state index in [1.165, 1.54) is 212 Å². The zero-order chi connectivity index (χ0) is 60.9. The number of esters is 2. The molecule has 0 saturated carbocycles. The summed E-state index contributed by atoms with van der Waals surface area (Å²) in [5.41, 5.74) is 5.39. The third-order valence-electron chi connectivity index (χ3n) is 15.2. The van der Waals surface area contributed by atoms with Crippen molar-refractivity contribution in [1.29, 1.82) is 0 Å². The van der Waals surface area contributed by atoms with Crippen LogP contribution in [0.3, 0.4) is 0 Å². The van der Waals surface area contributed by atoms with Crippen molar-refractivity contribution in [3.63, 3.8) is 0 Å². The van der Waals surface area contributed by atoms with Gasteiger partial charge in [0.2, 0.25) is 0 Å². The van der Waals surface area contributed by atoms with Crippen LogP contribution in [0, 0.1) is 0 Å². The van der Waals surface area contributed by atoms with E-state index < -0.39 is 26.5 Å². The molecule has 0 spiro atoms. The molecule has 0 amide bonds. The Kier molecular flexibility index (Phi) is 66.5. The van der Waals surface area contributed by atoms with E-state index in [1.54, 1.807) is 0 Å². The molecule has 486 valence electrons. The molecule has 0 fully saturated rings. The molecule has 0 aromatic carbocycles. The Morgan fingerprint density at radius 1 is 0.369 bits per heavy atom. The minimum absolute atomic E-state index is 0.0423. The van der Waals surface area contributed by atoms with Gasteiger partial charge >= 0.3 is 19.8 Å². The van der Waals surface area contributed by atoms with Crippen LogP contribution >= 0.6 is 7.82 Å². The van der Waals surface area contributed by atoms with Crippen molar-refractivity contribution in [3.8, 4) is 0 Å². The number of nitrogens with two attached hydrogens (primary N) is 1. The Balaban J connectivity index is 3.90. The molecule has 84 heavy (non-hydrogen) atoms. The van der Waals surface area contributed by atoms with Gasteiger partial charge in [0.05, 0.1) is 13.2 Å². The highest BCUT2D eigenvalue weighted by Gasteiger charge is 2.26. The largest absolute Gasteiger partial charge is 0.472 e. The van der Waals surface area contributed by atoms with Crippen molar-refractivity contribution < 1.29 is 37.6 Å². The predicted octanol–water partition coefficient (Wildman–Crippen LogP) is 23.1. The number of phosphoric ester groups is 1. The number of unbranched alkanes of at least 4 members (excludes halogenated alkanes) is 37. The van der Waals surface area contributed by atoms with Crippen LogP contribution in [0.1, 0.15) is 328 Å². The van der Waals surface area contributed by atoms with Gasteiger partial charge in [-0.15, -0.1) is 0 Å². The van der Waals surface area contributed by atoms with Crippen LogP contribution in [-0.4, -0.2) is 49.3 Å². The summed E-state index contributed by atoms with van der Waals surface area (Å²) in [5.74, 6) is -0.873. The fraction of sp³-hybridized carbons (Fsp3) is 0.757. The zero-order valence-electron chi connectivity index (χ0n) is 54.6. The van der Waals surface area contributed by atoms with E-state index in [0.717, 1.165) is 83.5 Å². The molecule has 0 rings (SSSR count). The molecule has 9 nitrogen and oxygen atoms in total. The molecule has 0 aromatic heterocycles. The van der Waals surface area contributed by atoms with Crippen molar-refractivity contribution in [2.24, 2.45) is 5.73 Å². The highest BCUT2D eigenvalue weighted by molar-refractivity contribution is 7.47. The van der Waals surface area contributed by atoms with Crippen LogP contribution in [-0.2, 0) is 32.7 Å². The average molecular weight is 1190 g/mol. The van der Waals surface area contributed by atoms with Gasteiger partial charge in [-0.2, -0.15) is 0 Å². The van der Waals surface area contributed by atoms with Crippen LogP contribution < -0.4 is 5.73 Å². The quantitative estimate of drug-likeness (QED) is 0.0264. The molecule has 0 saturated heterocycles. The summed E-state index contributed by atoms with van der Waals surface area (Å²) >= 11 is 0. The third-order valence-corrected chi connectivity index (χ3v) is 16.2. The van der Waals surface area contributed by atoms with Crippen molar-refractivity contribution in [3.05, 3.63) is 97.2 Å². The average Bonchev–Trinajstić information content (AvgIpc) is 3.58. The fourth-order valence-electron chi connectivity index (χ4n) is 10.1. The minimum atomic E-state index is -4.41. The topological polar surface area (TPSA) is 134 Å². The molecule has 0 aliphatic heterocycles. The summed E-state index contributed by atoms with van der Waals surface area (Å²) in [6.45, 7) is 3.61. The Hall–Kier alpha value is -3.07. The standard InChI is InChI=1S/C74H132NO8P/c1-3-5-7-9-11-13-15-17-19-21-23-25-27-29-31-32-33-34-35-36-37-38-39-41-42-44-46-48-50-52-54-56-58-60-62-64-66-73(76)80-70-72(71-82-84(78,79)81-69-68-75)83-74(77)67-65-63-61-59-57-55-53-51-49-47-45-43-40-30-28-26-24-22-20-18-16-14-12-10-8-6-4-2/h6,8,12,14,18,20,24,26,30,40,45,47,51,53,57,59,72H,3-5,7,9-11,13,15-17,19,21-23,25,27-29,31-39,41-44,46,48-50,52,54-56,58,60-71,75H2,1-2H3,(H,78,79)/b8-6-,14-12-,20-18-,26-24-,40-30-,47-45-,53-51-,59-57-. The Morgan fingerprint density at radius 2 is 0.655 bits per heavy atom. The van der Waals surface area contributed by atoms with Crippen LogP contribution in [0.4, 0.5) is 0 Å². The molecule has 10 heteroatoms. The molecule has 0 aliphatic rings. The Morgan fingerprint density at radius 3 is 0.976 bits per heavy atom. The Labute approximate surface area is 518 Å². The molecule has 2 atom stereocenters. The van der Waals surface area contributed by atoms with Crippen molar-refractivity contribution >= 4 is 19.8 Å². The van der Waals surface area contributed by atoms with Gasteiger partial charge in [-0.3, -0.25) is 18.6 Å². The normalized spacial score (nSPS) is 13.5. The molecular weight excluding hydrogens is 1060 g/mol. The molecule has 0 aromatic rings. The maximum absolute atomic E-state index is 12.7. The number of carbonyl (C=O) groups excluding carboxylic acids is 2. The van der Waals surface area contributed by atoms with E-state index in [0.29, 0.717) is 6.42 Å². The summed E-state index contributed by atoms with van der Waals surface area (Å²) in [6.07, 6.45) is 93.8. The van der Waals surface area contributed by atoms with Crippen LogP contribution in [0.15, 0.2) is 97.2 Å². The van der Waals surface area contributed by atoms with Gasteiger partial charge in [-0.25, -0.2) is 4.57 Å². The summed E-state index contributed by atoms with van der Waals surface area (Å²) in [7, 11) is -4.41. The lowest BCUT2D eigenvalue weighted by Gasteiger charge is -2.19. The van der Waals surface area contributed by atoms with E-state index in [2.05, 4.69) is 111 Å². The van der Waals surface area contributed by atoms with Gasteiger partial charge in [0.15, 0.2) is 6.10 Å². The lowest BCUT2D eigenvalue weighted by atomic mass is 10.0. The molecule has 3 N–H and O–H groups in total. The van der Waals surface area contributed by atoms with Crippen molar-refractivity contribution in [2.75, 3.05) is 26.4 Å². The van der Waals surface area contributed by atoms with Gasteiger partial charge in [-0.1, -0.05) is 336 Å². The van der Waals surface area contributed by atoms with Crippen molar-refractivity contribution in [1.82, 2.24) is 0 Å². The van der Waals surface area contributed by atoms with Crippen LogP contribution in [0.2, 0.25) is 0 Å². The van der Waals surface area contributed by atoms with E-state index in [1.807, 2.05) is 0 Å². The first-order valence-corrected chi connectivity index (χ1v) is 36.7. The monoisotopic (exact) mass is 1190 g/mol. The first-order valence-electron chi connectivity index (χ1n) is 35.2. The maximum Gasteiger partial charge on any atom is 0.472 e. The molecule has 2 unspecified atom stereocenters. The van der Waals surface area contributed by atoms with Crippen LogP contribution in [0.25, 0.3) is 0 Å². The molecule has 0 bridgehead atoms. The Bertz CT molecular complexity index is 1700. The SMILES string of the molecule is CC/C=C\C/C=C\C/C=C\C/C=C\C/C=C\C/C=C\C/C=C\C/C=C\CCCCC(=O)OC(COC(=O)CCCCCCCCCCCCCCCCCCCCCCCCCCCCCCCCCCCCCC)COP(=O)(O)OCCN. The highest BCUT2D eigenvalue weighted by Crippen LogP contribution is 2.43. The van der Waals surface area contributed by atoms with Gasteiger partial charge < -0.3 is 20.1 Å². The van der Waals surface area contributed by atoms with Gasteiger partial charge in [0.25, 0.3) is 0 Å². The summed E-state index contributed by atoms with van der Waals surface area (Å²) in [4.78, 5) is 35.3. The first-order chi connectivity index (χ1) is 41.3. The molecular formula is C74H132NO8P. The van der Waals surface area contributed by atoms with Gasteiger partial charge in [0.1, 0.15) is 6.61 Å². The number of rotatable bonds is 66. The second-order valence-corrected chi connectivity index (χ2v) is 24.8. The highest BCUT2D eigenvalue weighted by atomic mass is 31.2. The van der Waals surface area contributed by atoms with E-state index in [9.17, 15) is 19.0 Å². The minimum Gasteiger partial charge on any atom is -0.462 e. The van der Waals surface area contributed by atoms with E-state index >= 15 is 0 Å². The van der Waals surface area contributed by atoms with E-state index in [4.69, 9.17) is 24.3 Å². The van der Waals surface area contributed by atoms with Crippen LogP contribution in [0.5, 0.6) is 0 Å². The predicted molar refractivity (Wildman–Crippen MR) is 362 cm³/mol. The summed E-state index contributed by atoms with van der Waals surface area (Å²) < 4.78 is 33.1. The number of phosphoric acid groups is 1. The number of hydrogen-bond donors (Lipinski definition) is 2. The molecule has 0 heterocycles. The van der Waals surface area contributed by atoms with Gasteiger partial charge in [-0.05, 0) is 77.0 Å². The van der Waals surface area contributed by atoms with Crippen molar-refractivity contribution in [2.45, 2.75) is 335 Å². The number of ether oxygens (including phenoxy) is 2. The second kappa shape index (κ2) is 69.0. The maximum atomic E-state index is 12.7. The number of hydrogen-bond acceptors (Lipinski definition) is 8. The van der Waals surface area contributed by atoms with E-state index in [-0.39, 0.29) is 38.6 Å². The zero-order valence-corrected chi connectivity index (χ0v) is 55.5. The summed E-state index contributed by atoms with van der Waals surface area (Å²) in [6, 6.07) is 0. The number of carbonyl (C=O) groups is 2. The molecule has 0 aliphatic carbocycles. The second-order valence-electron chi connectivity index (χ2n) is 23.4. The van der Waals surface area contributed by atoms with Gasteiger partial charge in [0, 0.05) is 19.4 Å². The fourth-order valence-corrected chi connectivity index (χ4v) is 10.8. The first kappa shape index (κ1) is 80.9. The third kappa shape index (κ3) is 68.0. The summed E-state index contributed by atoms with van der Waals surface area (Å²) in [5, 5.41) is 0. The number of allylic oxidation sites excluding steroid dienone is 16. The molecule has 0 radical (unpaired) electrons. The lowest BCUT2D eigenvalue weighted by Crippen LogP contribution is -2.29. The smallest absolute Gasteiger partial charge is 0.462 e.